The summed E-state index contributed by atoms with van der Waals surface area (Å²) in [7, 11) is 0. The minimum Gasteiger partial charge on any atom is -0.462 e. The van der Waals surface area contributed by atoms with Crippen molar-refractivity contribution in [2.45, 2.75) is 77.7 Å². The average molecular weight is 419 g/mol. The van der Waals surface area contributed by atoms with Gasteiger partial charge in [-0.25, -0.2) is 0 Å². The average Bonchev–Trinajstić information content (AvgIpc) is 3.50. The molecule has 8 atom stereocenters. The Balaban J connectivity index is 1.13. The van der Waals surface area contributed by atoms with E-state index in [1.165, 1.54) is 38.5 Å². The molecule has 0 aromatic carbocycles. The number of hydrogen-bond donors (Lipinski definition) is 0. The smallest absolute Gasteiger partial charge is 0.311 e. The second kappa shape index (κ2) is 8.44. The first-order chi connectivity index (χ1) is 14.5. The van der Waals surface area contributed by atoms with Gasteiger partial charge in [-0.3, -0.25) is 9.59 Å². The lowest BCUT2D eigenvalue weighted by atomic mass is 9.67. The first-order valence-corrected chi connectivity index (χ1v) is 12.5. The van der Waals surface area contributed by atoms with Crippen LogP contribution in [-0.2, 0) is 23.8 Å². The molecule has 0 saturated heterocycles. The van der Waals surface area contributed by atoms with Gasteiger partial charge in [-0.2, -0.15) is 0 Å². The van der Waals surface area contributed by atoms with Crippen molar-refractivity contribution in [1.82, 2.24) is 0 Å². The molecule has 5 fully saturated rings. The molecule has 168 valence electrons. The molecule has 5 heteroatoms. The number of rotatable bonds is 7. The molecule has 0 N–H and O–H groups in total. The zero-order valence-corrected chi connectivity index (χ0v) is 18.6. The van der Waals surface area contributed by atoms with E-state index >= 15 is 0 Å². The van der Waals surface area contributed by atoms with Crippen molar-refractivity contribution in [3.63, 3.8) is 0 Å². The highest BCUT2D eigenvalue weighted by Gasteiger charge is 2.66. The highest BCUT2D eigenvalue weighted by molar-refractivity contribution is 5.73. The topological polar surface area (TPSA) is 61.8 Å². The number of esters is 2. The van der Waals surface area contributed by atoms with Gasteiger partial charge in [0, 0.05) is 0 Å². The Bertz CT molecular complexity index is 654. The Morgan fingerprint density at radius 2 is 1.63 bits per heavy atom. The summed E-state index contributed by atoms with van der Waals surface area (Å²) in [5.74, 6) is 3.99. The van der Waals surface area contributed by atoms with E-state index in [0.29, 0.717) is 35.5 Å². The molecule has 5 aliphatic rings. The van der Waals surface area contributed by atoms with Gasteiger partial charge < -0.3 is 14.2 Å². The lowest BCUT2D eigenvalue weighted by Crippen LogP contribution is -2.42. The lowest BCUT2D eigenvalue weighted by Gasteiger charge is -2.40. The third-order valence-electron chi connectivity index (χ3n) is 9.16. The van der Waals surface area contributed by atoms with E-state index in [2.05, 4.69) is 0 Å². The molecular formula is C25H38O5. The standard InChI is InChI=1S/C25H38O5/c1-14(2)24(26)30-21-11-17-10-20(21)23-18-8-16(22(17)23)9-19(18)25(27)29-13-28-12-15-6-4-3-5-7-15/h14-23H,3-13H2,1-2H3. The van der Waals surface area contributed by atoms with Crippen molar-refractivity contribution in [2.24, 2.45) is 53.3 Å². The first kappa shape index (κ1) is 20.8. The fourth-order valence-corrected chi connectivity index (χ4v) is 8.01. The van der Waals surface area contributed by atoms with Crippen LogP contribution in [0.4, 0.5) is 0 Å². The molecule has 5 aliphatic carbocycles. The summed E-state index contributed by atoms with van der Waals surface area (Å²) >= 11 is 0. The summed E-state index contributed by atoms with van der Waals surface area (Å²) in [6, 6.07) is 0. The van der Waals surface area contributed by atoms with Crippen molar-refractivity contribution in [2.75, 3.05) is 13.4 Å². The molecule has 4 bridgehead atoms. The maximum Gasteiger partial charge on any atom is 0.311 e. The molecule has 0 aromatic heterocycles. The highest BCUT2D eigenvalue weighted by Crippen LogP contribution is 2.69. The number of carbonyl (C=O) groups is 2. The van der Waals surface area contributed by atoms with Gasteiger partial charge in [-0.15, -0.1) is 0 Å². The van der Waals surface area contributed by atoms with Crippen LogP contribution in [0.15, 0.2) is 0 Å². The van der Waals surface area contributed by atoms with E-state index < -0.39 is 0 Å². The molecule has 0 aliphatic heterocycles. The van der Waals surface area contributed by atoms with Crippen LogP contribution in [0.3, 0.4) is 0 Å². The van der Waals surface area contributed by atoms with Crippen molar-refractivity contribution >= 4 is 11.9 Å². The fourth-order valence-electron chi connectivity index (χ4n) is 8.01. The van der Waals surface area contributed by atoms with Crippen LogP contribution in [0.2, 0.25) is 0 Å². The van der Waals surface area contributed by atoms with Gasteiger partial charge in [0.15, 0.2) is 6.79 Å². The summed E-state index contributed by atoms with van der Waals surface area (Å²) < 4.78 is 17.2. The van der Waals surface area contributed by atoms with E-state index in [4.69, 9.17) is 14.2 Å². The molecule has 0 amide bonds. The maximum absolute atomic E-state index is 12.8. The van der Waals surface area contributed by atoms with Gasteiger partial charge in [0.1, 0.15) is 6.10 Å². The molecule has 0 heterocycles. The van der Waals surface area contributed by atoms with Crippen molar-refractivity contribution in [3.05, 3.63) is 0 Å². The molecule has 8 unspecified atom stereocenters. The van der Waals surface area contributed by atoms with Crippen LogP contribution in [0.1, 0.15) is 71.6 Å². The van der Waals surface area contributed by atoms with Gasteiger partial charge in [0.2, 0.25) is 0 Å². The van der Waals surface area contributed by atoms with Crippen LogP contribution < -0.4 is 0 Å². The third-order valence-corrected chi connectivity index (χ3v) is 9.16. The highest BCUT2D eigenvalue weighted by atomic mass is 16.7. The monoisotopic (exact) mass is 418 g/mol. The second-order valence-corrected chi connectivity index (χ2v) is 11.1. The summed E-state index contributed by atoms with van der Waals surface area (Å²) in [5.41, 5.74) is 0. The predicted octanol–water partition coefficient (Wildman–Crippen LogP) is 4.58. The van der Waals surface area contributed by atoms with E-state index in [1.54, 1.807) is 0 Å². The zero-order chi connectivity index (χ0) is 20.8. The van der Waals surface area contributed by atoms with Crippen LogP contribution in [0.25, 0.3) is 0 Å². The molecule has 5 rings (SSSR count). The van der Waals surface area contributed by atoms with Crippen molar-refractivity contribution in [1.29, 1.82) is 0 Å². The summed E-state index contributed by atoms with van der Waals surface area (Å²) in [6.07, 6.45) is 10.9. The maximum atomic E-state index is 12.8. The molecule has 0 radical (unpaired) electrons. The Hall–Kier alpha value is -1.10. The third kappa shape index (κ3) is 3.69. The molecule has 5 nitrogen and oxygen atoms in total. The van der Waals surface area contributed by atoms with Gasteiger partial charge >= 0.3 is 11.9 Å². The van der Waals surface area contributed by atoms with Gasteiger partial charge in [0.25, 0.3) is 0 Å². The number of carbonyl (C=O) groups excluding carboxylic acids is 2. The number of hydrogen-bond acceptors (Lipinski definition) is 5. The first-order valence-electron chi connectivity index (χ1n) is 12.5. The summed E-state index contributed by atoms with van der Waals surface area (Å²) in [4.78, 5) is 25.0. The minimum absolute atomic E-state index is 0.0235. The summed E-state index contributed by atoms with van der Waals surface area (Å²) in [5, 5.41) is 0. The van der Waals surface area contributed by atoms with Gasteiger partial charge in [0.05, 0.1) is 18.4 Å². The molecular weight excluding hydrogens is 380 g/mol. The van der Waals surface area contributed by atoms with Crippen molar-refractivity contribution < 1.29 is 23.8 Å². The molecule has 0 spiro atoms. The van der Waals surface area contributed by atoms with E-state index in [0.717, 1.165) is 31.8 Å². The quantitative estimate of drug-likeness (QED) is 0.262. The van der Waals surface area contributed by atoms with Gasteiger partial charge in [-0.1, -0.05) is 33.1 Å². The van der Waals surface area contributed by atoms with Crippen LogP contribution in [-0.4, -0.2) is 31.4 Å². The zero-order valence-electron chi connectivity index (χ0n) is 18.6. The van der Waals surface area contributed by atoms with Crippen LogP contribution in [0, 0.1) is 53.3 Å². The minimum atomic E-state index is -0.0729. The number of fused-ring (bicyclic) bond motifs is 9. The Morgan fingerprint density at radius 3 is 2.40 bits per heavy atom. The number of ether oxygens (including phenoxy) is 3. The van der Waals surface area contributed by atoms with Crippen LogP contribution >= 0.6 is 0 Å². The van der Waals surface area contributed by atoms with Crippen molar-refractivity contribution in [3.8, 4) is 0 Å². The molecule has 30 heavy (non-hydrogen) atoms. The Morgan fingerprint density at radius 1 is 0.900 bits per heavy atom. The summed E-state index contributed by atoms with van der Waals surface area (Å²) in [6.45, 7) is 4.63. The predicted molar refractivity (Wildman–Crippen MR) is 111 cm³/mol. The SMILES string of the molecule is CC(C)C(=O)OC1CC2CC1C1C3CC(CC3C(=O)OCOCC3CCCCC3)C21. The van der Waals surface area contributed by atoms with E-state index in [1.807, 2.05) is 13.8 Å². The fraction of sp³-hybridized carbons (Fsp3) is 0.920. The normalized spacial score (nSPS) is 42.0. The second-order valence-electron chi connectivity index (χ2n) is 11.1. The Labute approximate surface area is 180 Å². The van der Waals surface area contributed by atoms with E-state index in [9.17, 15) is 9.59 Å². The van der Waals surface area contributed by atoms with Crippen LogP contribution in [0.5, 0.6) is 0 Å². The molecule has 5 saturated carbocycles. The Kier molecular flexibility index (Phi) is 5.85. The largest absolute Gasteiger partial charge is 0.462 e. The lowest BCUT2D eigenvalue weighted by molar-refractivity contribution is -0.168. The van der Waals surface area contributed by atoms with E-state index in [-0.39, 0.29) is 36.7 Å². The van der Waals surface area contributed by atoms with Gasteiger partial charge in [-0.05, 0) is 80.0 Å². The molecule has 0 aromatic rings.